The summed E-state index contributed by atoms with van der Waals surface area (Å²) in [4.78, 5) is 25.5. The zero-order chi connectivity index (χ0) is 23.7. The lowest BCUT2D eigenvalue weighted by molar-refractivity contribution is -0.199. The average molecular weight is 448 g/mol. The molecule has 5 atom stereocenters. The second-order valence-corrected chi connectivity index (χ2v) is 12.8. The largest absolute Gasteiger partial charge is 0.481 e. The predicted octanol–water partition coefficient (Wildman–Crippen LogP) is 3.84. The van der Waals surface area contributed by atoms with E-state index >= 15 is 0 Å². The molecule has 1 aliphatic heterocycles. The van der Waals surface area contributed by atoms with Crippen LogP contribution >= 0.6 is 0 Å². The first-order valence-corrected chi connectivity index (χ1v) is 12.3. The Hall–Kier alpha value is -1.28. The summed E-state index contributed by atoms with van der Waals surface area (Å²) in [6.45, 7) is 16.6. The summed E-state index contributed by atoms with van der Waals surface area (Å²) in [5.41, 5.74) is -1.54. The van der Waals surface area contributed by atoms with Crippen molar-refractivity contribution in [2.24, 2.45) is 23.2 Å². The summed E-state index contributed by atoms with van der Waals surface area (Å²) in [6.07, 6.45) is 3.70. The first-order valence-electron chi connectivity index (χ1n) is 12.3. The molecule has 2 bridgehead atoms. The van der Waals surface area contributed by atoms with Crippen molar-refractivity contribution in [3.05, 3.63) is 0 Å². The molecule has 0 spiro atoms. The zero-order valence-electron chi connectivity index (χ0n) is 21.0. The molecule has 7 nitrogen and oxygen atoms in total. The topological polar surface area (TPSA) is 85.9 Å². The second kappa shape index (κ2) is 7.62. The number of carbonyl (C=O) groups is 2. The second-order valence-electron chi connectivity index (χ2n) is 12.8. The van der Waals surface area contributed by atoms with Gasteiger partial charge in [-0.15, -0.1) is 0 Å². The number of amides is 2. The third kappa shape index (κ3) is 4.17. The summed E-state index contributed by atoms with van der Waals surface area (Å²) < 4.78 is 18.5. The van der Waals surface area contributed by atoms with Crippen LogP contribution in [0.5, 0.6) is 0 Å². The smallest absolute Gasteiger partial charge is 0.444 e. The zero-order valence-corrected chi connectivity index (χ0v) is 21.0. The first-order chi connectivity index (χ1) is 14.7. The van der Waals surface area contributed by atoms with Crippen molar-refractivity contribution in [3.8, 4) is 0 Å². The van der Waals surface area contributed by atoms with Gasteiger partial charge in [0, 0.05) is 0 Å². The van der Waals surface area contributed by atoms with E-state index in [-0.39, 0.29) is 29.0 Å². The van der Waals surface area contributed by atoms with Gasteiger partial charge in [0.2, 0.25) is 5.91 Å². The molecular formula is C24H41BN2O5. The molecule has 0 unspecified atom stereocenters. The van der Waals surface area contributed by atoms with Gasteiger partial charge in [-0.3, -0.25) is 4.79 Å². The van der Waals surface area contributed by atoms with Crippen LogP contribution in [-0.4, -0.2) is 47.9 Å². The highest BCUT2D eigenvalue weighted by Gasteiger charge is 2.68. The molecular weight excluding hydrogens is 407 g/mol. The minimum Gasteiger partial charge on any atom is -0.444 e. The maximum atomic E-state index is 13.3. The molecule has 2 amide bonds. The van der Waals surface area contributed by atoms with Crippen LogP contribution in [-0.2, 0) is 18.8 Å². The molecule has 8 heteroatoms. The molecule has 0 aromatic carbocycles. The minimum atomic E-state index is -0.892. The van der Waals surface area contributed by atoms with Gasteiger partial charge in [0.25, 0.3) is 0 Å². The highest BCUT2D eigenvalue weighted by molar-refractivity contribution is 6.48. The number of alkyl carbamates (subject to hydrolysis) is 1. The Kier molecular flexibility index (Phi) is 5.69. The van der Waals surface area contributed by atoms with Crippen LogP contribution in [0.15, 0.2) is 0 Å². The Morgan fingerprint density at radius 3 is 2.34 bits per heavy atom. The quantitative estimate of drug-likeness (QED) is 0.603. The molecule has 0 radical (unpaired) electrons. The average Bonchev–Trinajstić information content (AvgIpc) is 3.30. The van der Waals surface area contributed by atoms with Crippen LogP contribution in [0.2, 0.25) is 0 Å². The van der Waals surface area contributed by atoms with E-state index in [1.54, 1.807) is 0 Å². The Morgan fingerprint density at radius 1 is 1.16 bits per heavy atom. The van der Waals surface area contributed by atoms with E-state index in [0.29, 0.717) is 30.6 Å². The Labute approximate surface area is 193 Å². The van der Waals surface area contributed by atoms with E-state index in [2.05, 4.69) is 45.3 Å². The van der Waals surface area contributed by atoms with E-state index in [1.165, 1.54) is 6.42 Å². The number of rotatable bonds is 6. The SMILES string of the molecule is CC(C)C[C@H](NC(=O)C1(NC(=O)OC(C)(C)C)CC1)B1O[C@@H]2C[C@@H]3C[C@@H](C3(C)C)[C@]2(C)O1. The van der Waals surface area contributed by atoms with E-state index < -0.39 is 24.4 Å². The first kappa shape index (κ1) is 23.9. The van der Waals surface area contributed by atoms with Crippen LogP contribution in [0.3, 0.4) is 0 Å². The molecule has 1 heterocycles. The van der Waals surface area contributed by atoms with E-state index in [9.17, 15) is 9.59 Å². The van der Waals surface area contributed by atoms with Gasteiger partial charge in [-0.05, 0) is 83.0 Å². The molecule has 180 valence electrons. The molecule has 4 aliphatic carbocycles. The molecule has 1 saturated heterocycles. The summed E-state index contributed by atoms with van der Waals surface area (Å²) in [5, 5.41) is 5.98. The Balaban J connectivity index is 1.44. The lowest BCUT2D eigenvalue weighted by Crippen LogP contribution is -2.65. The van der Waals surface area contributed by atoms with E-state index in [4.69, 9.17) is 14.0 Å². The van der Waals surface area contributed by atoms with Gasteiger partial charge in [0.05, 0.1) is 17.6 Å². The summed E-state index contributed by atoms with van der Waals surface area (Å²) in [7, 11) is -0.469. The molecule has 32 heavy (non-hydrogen) atoms. The molecule has 5 aliphatic rings. The van der Waals surface area contributed by atoms with Crippen molar-refractivity contribution < 1.29 is 23.6 Å². The van der Waals surface area contributed by atoms with Crippen LogP contribution in [0.4, 0.5) is 4.79 Å². The minimum absolute atomic E-state index is 0.0746. The molecule has 5 rings (SSSR count). The van der Waals surface area contributed by atoms with E-state index in [0.717, 1.165) is 12.8 Å². The van der Waals surface area contributed by atoms with Crippen molar-refractivity contribution in [2.75, 3.05) is 0 Å². The van der Waals surface area contributed by atoms with Gasteiger partial charge in [-0.2, -0.15) is 0 Å². The number of carbonyl (C=O) groups excluding carboxylic acids is 2. The van der Waals surface area contributed by atoms with Crippen LogP contribution < -0.4 is 10.6 Å². The molecule has 4 saturated carbocycles. The lowest BCUT2D eigenvalue weighted by atomic mass is 9.43. The molecule has 0 aromatic rings. The van der Waals surface area contributed by atoms with Crippen molar-refractivity contribution in [1.29, 1.82) is 0 Å². The fraction of sp³-hybridized carbons (Fsp3) is 0.917. The molecule has 2 N–H and O–H groups in total. The monoisotopic (exact) mass is 448 g/mol. The van der Waals surface area contributed by atoms with Gasteiger partial charge >= 0.3 is 13.2 Å². The standard InChI is InChI=1S/C24H41BN2O5/c1-14(2)11-18(26-19(28)24(9-10-24)27-20(29)30-21(3,4)5)25-31-17-13-15-12-16(22(15,6)7)23(17,8)32-25/h14-18H,9-13H2,1-8H3,(H,26,28)(H,27,29)/t15-,16-,17+,18-,23-/m0/s1. The number of hydrogen-bond donors (Lipinski definition) is 2. The highest BCUT2D eigenvalue weighted by atomic mass is 16.7. The van der Waals surface area contributed by atoms with Crippen LogP contribution in [0.1, 0.15) is 87.5 Å². The van der Waals surface area contributed by atoms with E-state index in [1.807, 2.05) is 20.8 Å². The fourth-order valence-electron chi connectivity index (χ4n) is 6.16. The van der Waals surface area contributed by atoms with Gasteiger partial charge in [-0.1, -0.05) is 27.7 Å². The summed E-state index contributed by atoms with van der Waals surface area (Å²) in [5.74, 6) is 1.08. The maximum absolute atomic E-state index is 13.3. The van der Waals surface area contributed by atoms with Crippen LogP contribution in [0, 0.1) is 23.2 Å². The van der Waals surface area contributed by atoms with Gasteiger partial charge in [-0.25, -0.2) is 4.79 Å². The maximum Gasteiger partial charge on any atom is 0.481 e. The van der Waals surface area contributed by atoms with Gasteiger partial charge < -0.3 is 24.7 Å². The van der Waals surface area contributed by atoms with Crippen molar-refractivity contribution in [3.63, 3.8) is 0 Å². The third-order valence-corrected chi connectivity index (χ3v) is 8.26. The predicted molar refractivity (Wildman–Crippen MR) is 123 cm³/mol. The number of hydrogen-bond acceptors (Lipinski definition) is 5. The lowest BCUT2D eigenvalue weighted by Gasteiger charge is -2.64. The normalized spacial score (nSPS) is 34.9. The number of ether oxygens (including phenoxy) is 1. The van der Waals surface area contributed by atoms with Crippen LogP contribution in [0.25, 0.3) is 0 Å². The fourth-order valence-corrected chi connectivity index (χ4v) is 6.16. The Bertz CT molecular complexity index is 775. The molecule has 0 aromatic heterocycles. The summed E-state index contributed by atoms with van der Waals surface area (Å²) >= 11 is 0. The molecule has 5 fully saturated rings. The van der Waals surface area contributed by atoms with Crippen molar-refractivity contribution in [1.82, 2.24) is 10.6 Å². The van der Waals surface area contributed by atoms with Crippen molar-refractivity contribution >= 4 is 19.1 Å². The highest BCUT2D eigenvalue weighted by Crippen LogP contribution is 2.65. The van der Waals surface area contributed by atoms with Gasteiger partial charge in [0.1, 0.15) is 11.1 Å². The van der Waals surface area contributed by atoms with Gasteiger partial charge in [0.15, 0.2) is 0 Å². The third-order valence-electron chi connectivity index (χ3n) is 8.26. The Morgan fingerprint density at radius 2 is 1.81 bits per heavy atom. The number of nitrogens with one attached hydrogen (secondary N) is 2. The summed E-state index contributed by atoms with van der Waals surface area (Å²) in [6, 6.07) is 0. The van der Waals surface area contributed by atoms with Crippen molar-refractivity contribution in [2.45, 2.75) is 116 Å².